The molecule has 1 unspecified atom stereocenters. The minimum Gasteiger partial charge on any atom is -0.467 e. The monoisotopic (exact) mass is 330 g/mol. The van der Waals surface area contributed by atoms with Crippen LogP contribution in [0.2, 0.25) is 0 Å². The fourth-order valence-electron chi connectivity index (χ4n) is 2.18. The van der Waals surface area contributed by atoms with Crippen LogP contribution in [-0.2, 0) is 4.79 Å². The van der Waals surface area contributed by atoms with Gasteiger partial charge in [0.15, 0.2) is 0 Å². The molecule has 6 heteroatoms. The van der Waals surface area contributed by atoms with Gasteiger partial charge in [-0.3, -0.25) is 4.79 Å². The normalized spacial score (nSPS) is 13.4. The first kappa shape index (κ1) is 17.7. The predicted octanol–water partition coefficient (Wildman–Crippen LogP) is 3.35. The first-order chi connectivity index (χ1) is 11.4. The molecule has 2 aromatic rings. The molecule has 0 spiro atoms. The molecule has 0 radical (unpaired) electrons. The van der Waals surface area contributed by atoms with Gasteiger partial charge in [0.05, 0.1) is 18.3 Å². The van der Waals surface area contributed by atoms with E-state index in [0.29, 0.717) is 11.5 Å². The van der Waals surface area contributed by atoms with Crippen LogP contribution in [0.1, 0.15) is 32.6 Å². The van der Waals surface area contributed by atoms with Gasteiger partial charge >= 0.3 is 6.09 Å². The van der Waals surface area contributed by atoms with Crippen LogP contribution in [0.25, 0.3) is 0 Å². The number of para-hydroxylation sites is 1. The number of benzene rings is 1. The lowest BCUT2D eigenvalue weighted by atomic mass is 10.0. The zero-order valence-electron chi connectivity index (χ0n) is 14.0. The van der Waals surface area contributed by atoms with E-state index in [9.17, 15) is 9.59 Å². The van der Waals surface area contributed by atoms with Crippen molar-refractivity contribution in [3.8, 4) is 5.75 Å². The zero-order chi connectivity index (χ0) is 17.7. The molecule has 1 aromatic heterocycles. The lowest BCUT2D eigenvalue weighted by Gasteiger charge is -2.28. The first-order valence-electron chi connectivity index (χ1n) is 7.80. The van der Waals surface area contributed by atoms with E-state index < -0.39 is 24.1 Å². The van der Waals surface area contributed by atoms with E-state index in [1.165, 1.54) is 6.26 Å². The topological polar surface area (TPSA) is 85.8 Å². The molecule has 0 aliphatic heterocycles. The highest BCUT2D eigenvalue weighted by atomic mass is 16.6. The minimum atomic E-state index is -0.814. The van der Waals surface area contributed by atoms with Crippen LogP contribution in [0.4, 0.5) is 4.79 Å². The molecule has 0 saturated heterocycles. The molecule has 0 aliphatic rings. The van der Waals surface area contributed by atoms with Crippen LogP contribution in [0.15, 0.2) is 53.1 Å². The average Bonchev–Trinajstić information content (AvgIpc) is 3.09. The van der Waals surface area contributed by atoms with E-state index >= 15 is 0 Å². The Hall–Kier alpha value is -2.60. The van der Waals surface area contributed by atoms with Crippen molar-refractivity contribution < 1.29 is 18.7 Å². The summed E-state index contributed by atoms with van der Waals surface area (Å²) >= 11 is 0. The van der Waals surface area contributed by atoms with Crippen LogP contribution >= 0.6 is 0 Å². The summed E-state index contributed by atoms with van der Waals surface area (Å²) in [4.78, 5) is 26.3. The smallest absolute Gasteiger partial charge is 0.422 e. The van der Waals surface area contributed by atoms with E-state index in [-0.39, 0.29) is 5.92 Å². The third kappa shape index (κ3) is 4.02. The summed E-state index contributed by atoms with van der Waals surface area (Å²) in [5, 5.41) is 0. The highest BCUT2D eigenvalue weighted by Gasteiger charge is 2.35. The van der Waals surface area contributed by atoms with Gasteiger partial charge in [0.1, 0.15) is 11.5 Å². The number of furan rings is 1. The largest absolute Gasteiger partial charge is 0.467 e. The molecule has 0 bridgehead atoms. The second-order valence-electron chi connectivity index (χ2n) is 5.85. The number of hydrogen-bond donors (Lipinski definition) is 1. The summed E-state index contributed by atoms with van der Waals surface area (Å²) in [5.74, 6) is 0.206. The van der Waals surface area contributed by atoms with Crippen molar-refractivity contribution in [2.45, 2.75) is 32.9 Å². The first-order valence-corrected chi connectivity index (χ1v) is 7.80. The Kier molecular flexibility index (Phi) is 5.76. The summed E-state index contributed by atoms with van der Waals surface area (Å²) < 4.78 is 10.6. The summed E-state index contributed by atoms with van der Waals surface area (Å²) in [6.45, 7) is 5.33. The van der Waals surface area contributed by atoms with E-state index in [1.54, 1.807) is 49.4 Å². The van der Waals surface area contributed by atoms with Crippen molar-refractivity contribution in [3.05, 3.63) is 54.5 Å². The van der Waals surface area contributed by atoms with Crippen molar-refractivity contribution in [3.63, 3.8) is 0 Å². The lowest BCUT2D eigenvalue weighted by Crippen LogP contribution is -2.50. The number of nitrogens with zero attached hydrogens (tertiary/aromatic N) is 1. The van der Waals surface area contributed by atoms with Crippen LogP contribution in [0, 0.1) is 5.92 Å². The van der Waals surface area contributed by atoms with E-state index in [4.69, 9.17) is 14.9 Å². The summed E-state index contributed by atoms with van der Waals surface area (Å²) in [6, 6.07) is 10.5. The minimum absolute atomic E-state index is 0.117. The van der Waals surface area contributed by atoms with Crippen molar-refractivity contribution >= 4 is 12.0 Å². The predicted molar refractivity (Wildman–Crippen MR) is 89.2 cm³/mol. The lowest BCUT2D eigenvalue weighted by molar-refractivity contribution is -0.133. The quantitative estimate of drug-likeness (QED) is 0.908. The van der Waals surface area contributed by atoms with Gasteiger partial charge in [0, 0.05) is 0 Å². The van der Waals surface area contributed by atoms with Crippen molar-refractivity contribution in [1.82, 2.24) is 4.90 Å². The number of rotatable bonds is 5. The van der Waals surface area contributed by atoms with Gasteiger partial charge in [-0.25, -0.2) is 9.69 Å². The van der Waals surface area contributed by atoms with Gasteiger partial charge in [0.25, 0.3) is 0 Å². The molecule has 0 saturated carbocycles. The number of hydrogen-bond acceptors (Lipinski definition) is 5. The standard InChI is InChI=1S/C18H22N2O4/c1-12(2)16(19)17(21)20(13(3)15-10-7-11-23-15)18(22)24-14-8-5-4-6-9-14/h4-13,16H,19H2,1-3H3/t13?,16-/m0/s1. The molecule has 6 nitrogen and oxygen atoms in total. The van der Waals surface area contributed by atoms with Crippen LogP contribution in [-0.4, -0.2) is 22.9 Å². The van der Waals surface area contributed by atoms with E-state index in [2.05, 4.69) is 0 Å². The molecule has 2 amide bonds. The van der Waals surface area contributed by atoms with Gasteiger partial charge in [-0.1, -0.05) is 32.0 Å². The number of carbonyl (C=O) groups excluding carboxylic acids is 2. The molecule has 2 rings (SSSR count). The Labute approximate surface area is 141 Å². The molecular weight excluding hydrogens is 308 g/mol. The zero-order valence-corrected chi connectivity index (χ0v) is 14.0. The van der Waals surface area contributed by atoms with E-state index in [0.717, 1.165) is 4.90 Å². The average molecular weight is 330 g/mol. The summed E-state index contributed by atoms with van der Waals surface area (Å²) in [7, 11) is 0. The fraction of sp³-hybridized carbons (Fsp3) is 0.333. The second-order valence-corrected chi connectivity index (χ2v) is 5.85. The highest BCUT2D eigenvalue weighted by Crippen LogP contribution is 2.24. The molecule has 1 aromatic carbocycles. The summed E-state index contributed by atoms with van der Waals surface area (Å²) in [6.07, 6.45) is 0.700. The molecule has 2 N–H and O–H groups in total. The number of ether oxygens (including phenoxy) is 1. The number of nitrogens with two attached hydrogens (primary N) is 1. The van der Waals surface area contributed by atoms with Crippen molar-refractivity contribution in [2.75, 3.05) is 0 Å². The van der Waals surface area contributed by atoms with Gasteiger partial charge in [0.2, 0.25) is 5.91 Å². The van der Waals surface area contributed by atoms with Gasteiger partial charge in [-0.15, -0.1) is 0 Å². The SMILES string of the molecule is CC(C)[C@H](N)C(=O)N(C(=O)Oc1ccccc1)C(C)c1ccco1. The van der Waals surface area contributed by atoms with Gasteiger partial charge in [-0.05, 0) is 37.1 Å². The third-order valence-corrected chi connectivity index (χ3v) is 3.73. The number of amides is 2. The van der Waals surface area contributed by atoms with Crippen LogP contribution in [0.5, 0.6) is 5.75 Å². The molecule has 0 aliphatic carbocycles. The summed E-state index contributed by atoms with van der Waals surface area (Å²) in [5.41, 5.74) is 5.95. The Bertz CT molecular complexity index is 668. The maximum Gasteiger partial charge on any atom is 0.422 e. The van der Waals surface area contributed by atoms with E-state index in [1.807, 2.05) is 13.8 Å². The Morgan fingerprint density at radius 2 is 1.75 bits per heavy atom. The molecule has 24 heavy (non-hydrogen) atoms. The maximum absolute atomic E-state index is 12.7. The van der Waals surface area contributed by atoms with Gasteiger partial charge < -0.3 is 14.9 Å². The number of imide groups is 1. The Morgan fingerprint density at radius 1 is 1.08 bits per heavy atom. The molecule has 1 heterocycles. The molecular formula is C18H22N2O4. The van der Waals surface area contributed by atoms with Crippen molar-refractivity contribution in [1.29, 1.82) is 0 Å². The Balaban J connectivity index is 2.28. The molecule has 128 valence electrons. The van der Waals surface area contributed by atoms with Crippen molar-refractivity contribution in [2.24, 2.45) is 11.7 Å². The second kappa shape index (κ2) is 7.79. The van der Waals surface area contributed by atoms with Crippen LogP contribution < -0.4 is 10.5 Å². The van der Waals surface area contributed by atoms with Crippen LogP contribution in [0.3, 0.4) is 0 Å². The Morgan fingerprint density at radius 3 is 2.29 bits per heavy atom. The third-order valence-electron chi connectivity index (χ3n) is 3.73. The number of carbonyl (C=O) groups is 2. The molecule has 2 atom stereocenters. The fourth-order valence-corrected chi connectivity index (χ4v) is 2.18. The molecule has 0 fully saturated rings. The maximum atomic E-state index is 12.7. The van der Waals surface area contributed by atoms with Gasteiger partial charge in [-0.2, -0.15) is 0 Å². The highest BCUT2D eigenvalue weighted by molar-refractivity contribution is 5.96.